The number of nitrogens with two attached hydrogens (primary N) is 1. The zero-order valence-electron chi connectivity index (χ0n) is 5.67. The molecule has 10 heavy (non-hydrogen) atoms. The highest BCUT2D eigenvalue weighted by Crippen LogP contribution is 2.26. The molecular formula is C6H11NO2S. The van der Waals surface area contributed by atoms with Gasteiger partial charge in [0.15, 0.2) is 0 Å². The van der Waals surface area contributed by atoms with Gasteiger partial charge in [0.05, 0.1) is 0 Å². The smallest absolute Gasteiger partial charge is 0.249 e. The van der Waals surface area contributed by atoms with Crippen LogP contribution >= 0.6 is 11.8 Å². The van der Waals surface area contributed by atoms with Crippen molar-refractivity contribution in [2.75, 3.05) is 11.5 Å². The number of primary amides is 1. The standard InChI is InChI=1S/C6H11NO2S/c7-5(8)6(9)1-3-10-4-2-6/h9H,1-4H2,(H2,7,8). The van der Waals surface area contributed by atoms with Crippen LogP contribution in [0.2, 0.25) is 0 Å². The van der Waals surface area contributed by atoms with Crippen molar-refractivity contribution < 1.29 is 9.90 Å². The van der Waals surface area contributed by atoms with E-state index in [-0.39, 0.29) is 0 Å². The number of hydrogen-bond donors (Lipinski definition) is 2. The van der Waals surface area contributed by atoms with Crippen LogP contribution in [0.25, 0.3) is 0 Å². The van der Waals surface area contributed by atoms with Gasteiger partial charge in [-0.2, -0.15) is 11.8 Å². The van der Waals surface area contributed by atoms with Crippen LogP contribution in [-0.4, -0.2) is 28.1 Å². The molecule has 0 spiro atoms. The second-order valence-electron chi connectivity index (χ2n) is 2.51. The monoisotopic (exact) mass is 161 g/mol. The first-order valence-electron chi connectivity index (χ1n) is 3.25. The topological polar surface area (TPSA) is 63.3 Å². The van der Waals surface area contributed by atoms with E-state index in [1.54, 1.807) is 11.8 Å². The van der Waals surface area contributed by atoms with E-state index in [0.29, 0.717) is 12.8 Å². The van der Waals surface area contributed by atoms with Gasteiger partial charge in [-0.05, 0) is 24.3 Å². The minimum absolute atomic E-state index is 0.507. The van der Waals surface area contributed by atoms with Crippen LogP contribution in [0.5, 0.6) is 0 Å². The van der Waals surface area contributed by atoms with E-state index in [0.717, 1.165) is 11.5 Å². The normalized spacial score (nSPS) is 24.1. The molecule has 0 aliphatic carbocycles. The van der Waals surface area contributed by atoms with Crippen LogP contribution in [0.1, 0.15) is 12.8 Å². The van der Waals surface area contributed by atoms with Gasteiger partial charge in [-0.1, -0.05) is 0 Å². The van der Waals surface area contributed by atoms with Crippen LogP contribution < -0.4 is 5.73 Å². The molecule has 3 nitrogen and oxygen atoms in total. The average molecular weight is 161 g/mol. The Morgan fingerprint density at radius 1 is 1.50 bits per heavy atom. The quantitative estimate of drug-likeness (QED) is 0.556. The highest BCUT2D eigenvalue weighted by molar-refractivity contribution is 7.99. The summed E-state index contributed by atoms with van der Waals surface area (Å²) in [6, 6.07) is 0. The lowest BCUT2D eigenvalue weighted by Crippen LogP contribution is -2.46. The molecule has 1 fully saturated rings. The van der Waals surface area contributed by atoms with Crippen LogP contribution in [0, 0.1) is 0 Å². The van der Waals surface area contributed by atoms with Crippen LogP contribution in [0.3, 0.4) is 0 Å². The Bertz CT molecular complexity index is 143. The molecule has 58 valence electrons. The molecule has 1 saturated heterocycles. The Kier molecular flexibility index (Phi) is 2.21. The summed E-state index contributed by atoms with van der Waals surface area (Å²) in [5, 5.41) is 9.46. The first-order chi connectivity index (χ1) is 4.65. The maximum Gasteiger partial charge on any atom is 0.249 e. The van der Waals surface area contributed by atoms with E-state index in [1.165, 1.54) is 0 Å². The second kappa shape index (κ2) is 2.80. The molecule has 0 aromatic carbocycles. The zero-order chi connectivity index (χ0) is 7.61. The minimum Gasteiger partial charge on any atom is -0.380 e. The third kappa shape index (κ3) is 1.44. The molecule has 4 heteroatoms. The number of carbonyl (C=O) groups is 1. The molecule has 0 atom stereocenters. The first kappa shape index (κ1) is 7.88. The van der Waals surface area contributed by atoms with Gasteiger partial charge in [-0.15, -0.1) is 0 Å². The van der Waals surface area contributed by atoms with Crippen LogP contribution in [0.15, 0.2) is 0 Å². The van der Waals surface area contributed by atoms with Gasteiger partial charge in [0.1, 0.15) is 5.60 Å². The van der Waals surface area contributed by atoms with Gasteiger partial charge in [-0.3, -0.25) is 4.79 Å². The van der Waals surface area contributed by atoms with Gasteiger partial charge < -0.3 is 10.8 Å². The van der Waals surface area contributed by atoms with Crippen molar-refractivity contribution in [2.24, 2.45) is 5.73 Å². The Morgan fingerprint density at radius 2 is 2.00 bits per heavy atom. The number of carbonyl (C=O) groups excluding carboxylic acids is 1. The van der Waals surface area contributed by atoms with E-state index in [2.05, 4.69) is 0 Å². The van der Waals surface area contributed by atoms with E-state index in [1.807, 2.05) is 0 Å². The SMILES string of the molecule is NC(=O)C1(O)CCSCC1. The second-order valence-corrected chi connectivity index (χ2v) is 3.73. The van der Waals surface area contributed by atoms with E-state index in [9.17, 15) is 9.90 Å². The van der Waals surface area contributed by atoms with Crippen molar-refractivity contribution in [3.63, 3.8) is 0 Å². The van der Waals surface area contributed by atoms with Gasteiger partial charge >= 0.3 is 0 Å². The summed E-state index contributed by atoms with van der Waals surface area (Å²) in [4.78, 5) is 10.6. The molecule has 1 amide bonds. The number of amides is 1. The Morgan fingerprint density at radius 3 is 2.30 bits per heavy atom. The van der Waals surface area contributed by atoms with Gasteiger partial charge in [0, 0.05) is 0 Å². The van der Waals surface area contributed by atoms with Crippen molar-refractivity contribution >= 4 is 17.7 Å². The van der Waals surface area contributed by atoms with Gasteiger partial charge in [0.25, 0.3) is 0 Å². The Hall–Kier alpha value is -0.220. The van der Waals surface area contributed by atoms with Crippen molar-refractivity contribution in [3.05, 3.63) is 0 Å². The maximum atomic E-state index is 10.6. The van der Waals surface area contributed by atoms with Crippen molar-refractivity contribution in [1.82, 2.24) is 0 Å². The lowest BCUT2D eigenvalue weighted by molar-refractivity contribution is -0.136. The predicted molar refractivity (Wildman–Crippen MR) is 40.7 cm³/mol. The summed E-state index contributed by atoms with van der Waals surface area (Å²) in [6.45, 7) is 0. The number of aliphatic hydroxyl groups is 1. The summed E-state index contributed by atoms with van der Waals surface area (Å²) in [5.74, 6) is 1.09. The molecule has 1 aliphatic rings. The number of rotatable bonds is 1. The molecule has 1 rings (SSSR count). The van der Waals surface area contributed by atoms with Crippen molar-refractivity contribution in [3.8, 4) is 0 Å². The molecule has 0 saturated carbocycles. The first-order valence-corrected chi connectivity index (χ1v) is 4.41. The summed E-state index contributed by atoms with van der Waals surface area (Å²) in [6.07, 6.45) is 1.01. The number of hydrogen-bond acceptors (Lipinski definition) is 3. The van der Waals surface area contributed by atoms with Gasteiger partial charge in [0.2, 0.25) is 5.91 Å². The molecule has 0 unspecified atom stereocenters. The average Bonchev–Trinajstić information content (AvgIpc) is 1.89. The van der Waals surface area contributed by atoms with Gasteiger partial charge in [-0.25, -0.2) is 0 Å². The lowest BCUT2D eigenvalue weighted by atomic mass is 9.96. The van der Waals surface area contributed by atoms with E-state index >= 15 is 0 Å². The lowest BCUT2D eigenvalue weighted by Gasteiger charge is -2.27. The number of thioether (sulfide) groups is 1. The summed E-state index contributed by atoms with van der Waals surface area (Å²) in [5.41, 5.74) is 3.80. The maximum absolute atomic E-state index is 10.6. The molecule has 1 heterocycles. The third-order valence-corrected chi connectivity index (χ3v) is 2.76. The highest BCUT2D eigenvalue weighted by atomic mass is 32.2. The molecule has 3 N–H and O–H groups in total. The molecule has 0 aromatic rings. The fourth-order valence-corrected chi connectivity index (χ4v) is 2.12. The van der Waals surface area contributed by atoms with Crippen LogP contribution in [-0.2, 0) is 4.79 Å². The molecule has 0 aromatic heterocycles. The molecule has 0 radical (unpaired) electrons. The van der Waals surface area contributed by atoms with E-state index in [4.69, 9.17) is 5.73 Å². The minimum atomic E-state index is -1.20. The van der Waals surface area contributed by atoms with Crippen molar-refractivity contribution in [2.45, 2.75) is 18.4 Å². The van der Waals surface area contributed by atoms with Crippen LogP contribution in [0.4, 0.5) is 0 Å². The summed E-state index contributed by atoms with van der Waals surface area (Å²) >= 11 is 1.75. The highest BCUT2D eigenvalue weighted by Gasteiger charge is 2.35. The molecular weight excluding hydrogens is 150 g/mol. The fraction of sp³-hybridized carbons (Fsp3) is 0.833. The Balaban J connectivity index is 2.56. The largest absolute Gasteiger partial charge is 0.380 e. The Labute approximate surface area is 64.0 Å². The van der Waals surface area contributed by atoms with E-state index < -0.39 is 11.5 Å². The summed E-state index contributed by atoms with van der Waals surface area (Å²) < 4.78 is 0. The molecule has 0 bridgehead atoms. The fourth-order valence-electron chi connectivity index (χ4n) is 0.955. The third-order valence-electron chi connectivity index (χ3n) is 1.78. The zero-order valence-corrected chi connectivity index (χ0v) is 6.49. The molecule has 1 aliphatic heterocycles. The predicted octanol–water partition coefficient (Wildman–Crippen LogP) is -0.270. The summed E-state index contributed by atoms with van der Waals surface area (Å²) in [7, 11) is 0. The van der Waals surface area contributed by atoms with Crippen molar-refractivity contribution in [1.29, 1.82) is 0 Å².